The van der Waals surface area contributed by atoms with Gasteiger partial charge >= 0.3 is 0 Å². The van der Waals surface area contributed by atoms with Gasteiger partial charge in [0.15, 0.2) is 0 Å². The van der Waals surface area contributed by atoms with Gasteiger partial charge in [-0.3, -0.25) is 14.6 Å². The van der Waals surface area contributed by atoms with Crippen LogP contribution in [0.4, 0.5) is 0 Å². The molecule has 36 heavy (non-hydrogen) atoms. The van der Waals surface area contributed by atoms with E-state index in [1.54, 1.807) is 49.7 Å². The first-order valence-corrected chi connectivity index (χ1v) is 12.2. The number of halogens is 2. The van der Waals surface area contributed by atoms with Gasteiger partial charge in [0, 0.05) is 11.8 Å². The number of rotatable bonds is 6. The molecule has 0 bridgehead atoms. The lowest BCUT2D eigenvalue weighted by Gasteiger charge is -2.25. The van der Waals surface area contributed by atoms with Gasteiger partial charge in [-0.25, -0.2) is 0 Å². The van der Waals surface area contributed by atoms with Crippen molar-refractivity contribution in [2.45, 2.75) is 39.3 Å². The molecule has 1 unspecified atom stereocenters. The van der Waals surface area contributed by atoms with Crippen molar-refractivity contribution in [3.05, 3.63) is 98.3 Å². The third-order valence-electron chi connectivity index (χ3n) is 6.31. The van der Waals surface area contributed by atoms with E-state index in [4.69, 9.17) is 27.9 Å². The van der Waals surface area contributed by atoms with Crippen molar-refractivity contribution in [2.24, 2.45) is 0 Å². The van der Waals surface area contributed by atoms with Crippen molar-refractivity contribution in [1.29, 1.82) is 0 Å². The summed E-state index contributed by atoms with van der Waals surface area (Å²) in [4.78, 5) is 32.4. The normalized spacial score (nSPS) is 17.2. The van der Waals surface area contributed by atoms with Crippen molar-refractivity contribution < 1.29 is 19.4 Å². The molecule has 0 radical (unpaired) electrons. The van der Waals surface area contributed by atoms with E-state index in [0.29, 0.717) is 33.2 Å². The standard InChI is InChI=1S/C28H26Cl2N2O4/c1-15(2)19-13-20(16(3)11-23(19)36-4)26(33)24-25(17-8-9-21(29)22(30)12-17)32(28(35)27(24)34)14-18-7-5-6-10-31-18/h5-13,15,25,33H,14H2,1-4H3/b26-24+. The van der Waals surface area contributed by atoms with Gasteiger partial charge in [-0.1, -0.05) is 49.2 Å². The lowest BCUT2D eigenvalue weighted by atomic mass is 9.91. The van der Waals surface area contributed by atoms with Crippen LogP contribution >= 0.6 is 23.2 Å². The second kappa shape index (κ2) is 10.3. The number of hydrogen-bond donors (Lipinski definition) is 1. The maximum atomic E-state index is 13.4. The lowest BCUT2D eigenvalue weighted by molar-refractivity contribution is -0.140. The van der Waals surface area contributed by atoms with Gasteiger partial charge in [0.05, 0.1) is 41.0 Å². The number of hydrogen-bond acceptors (Lipinski definition) is 5. The molecular weight excluding hydrogens is 499 g/mol. The molecule has 186 valence electrons. The third kappa shape index (κ3) is 4.71. The highest BCUT2D eigenvalue weighted by molar-refractivity contribution is 6.46. The van der Waals surface area contributed by atoms with E-state index < -0.39 is 17.7 Å². The molecule has 0 saturated carbocycles. The van der Waals surface area contributed by atoms with Crippen LogP contribution in [-0.2, 0) is 16.1 Å². The van der Waals surface area contributed by atoms with Crippen LogP contribution in [0.15, 0.2) is 60.3 Å². The van der Waals surface area contributed by atoms with Crippen LogP contribution in [0, 0.1) is 6.92 Å². The molecule has 0 aliphatic carbocycles. The zero-order valence-corrected chi connectivity index (χ0v) is 21.9. The number of Topliss-reactive ketones (excluding diaryl/α,β-unsaturated/α-hetero) is 1. The van der Waals surface area contributed by atoms with E-state index in [1.807, 2.05) is 32.9 Å². The highest BCUT2D eigenvalue weighted by Crippen LogP contribution is 2.43. The Morgan fingerprint density at radius 1 is 1.11 bits per heavy atom. The van der Waals surface area contributed by atoms with E-state index in [0.717, 1.165) is 5.56 Å². The number of aromatic nitrogens is 1. The smallest absolute Gasteiger partial charge is 0.296 e. The molecule has 4 rings (SSSR count). The number of likely N-dealkylation sites (tertiary alicyclic amines) is 1. The molecule has 1 atom stereocenters. The maximum absolute atomic E-state index is 13.4. The topological polar surface area (TPSA) is 79.7 Å². The Labute approximate surface area is 220 Å². The summed E-state index contributed by atoms with van der Waals surface area (Å²) in [7, 11) is 1.59. The lowest BCUT2D eigenvalue weighted by Crippen LogP contribution is -2.29. The largest absolute Gasteiger partial charge is 0.507 e. The zero-order valence-electron chi connectivity index (χ0n) is 20.4. The number of benzene rings is 2. The van der Waals surface area contributed by atoms with E-state index in [9.17, 15) is 14.7 Å². The van der Waals surface area contributed by atoms with Crippen LogP contribution < -0.4 is 4.74 Å². The second-order valence-corrected chi connectivity index (χ2v) is 9.80. The quantitative estimate of drug-likeness (QED) is 0.227. The fraction of sp³-hybridized carbons (Fsp3) is 0.250. The van der Waals surface area contributed by atoms with Gasteiger partial charge in [-0.15, -0.1) is 0 Å². The van der Waals surface area contributed by atoms with E-state index in [1.165, 1.54) is 4.90 Å². The Hall–Kier alpha value is -3.35. The number of carbonyl (C=O) groups is 2. The summed E-state index contributed by atoms with van der Waals surface area (Å²) in [5.41, 5.74) is 3.18. The van der Waals surface area contributed by atoms with Crippen LogP contribution in [0.1, 0.15) is 53.8 Å². The SMILES string of the molecule is COc1cc(C)c(/C(O)=C2\C(=O)C(=O)N(Cc3ccccn3)C2c2ccc(Cl)c(Cl)c2)cc1C(C)C. The number of aliphatic hydroxyl groups excluding tert-OH is 1. The summed E-state index contributed by atoms with van der Waals surface area (Å²) >= 11 is 12.4. The molecule has 2 aromatic carbocycles. The van der Waals surface area contributed by atoms with Gasteiger partial charge in [0.2, 0.25) is 0 Å². The average Bonchev–Trinajstić information content (AvgIpc) is 3.10. The van der Waals surface area contributed by atoms with Crippen LogP contribution in [0.3, 0.4) is 0 Å². The number of methoxy groups -OCH3 is 1. The third-order valence-corrected chi connectivity index (χ3v) is 7.05. The van der Waals surface area contributed by atoms with Gasteiger partial charge in [-0.2, -0.15) is 0 Å². The first-order chi connectivity index (χ1) is 17.1. The van der Waals surface area contributed by atoms with Crippen molar-refractivity contribution in [1.82, 2.24) is 9.88 Å². The van der Waals surface area contributed by atoms with Gasteiger partial charge in [0.25, 0.3) is 11.7 Å². The maximum Gasteiger partial charge on any atom is 0.296 e. The summed E-state index contributed by atoms with van der Waals surface area (Å²) in [5.74, 6) is -0.968. The number of aliphatic hydroxyl groups is 1. The Morgan fingerprint density at radius 3 is 2.47 bits per heavy atom. The minimum Gasteiger partial charge on any atom is -0.507 e. The fourth-order valence-corrected chi connectivity index (χ4v) is 4.77. The van der Waals surface area contributed by atoms with Crippen LogP contribution in [-0.4, -0.2) is 33.8 Å². The molecule has 6 nitrogen and oxygen atoms in total. The predicted molar refractivity (Wildman–Crippen MR) is 140 cm³/mol. The van der Waals surface area contributed by atoms with Crippen molar-refractivity contribution >= 4 is 40.7 Å². The highest BCUT2D eigenvalue weighted by Gasteiger charge is 2.46. The Kier molecular flexibility index (Phi) is 7.38. The van der Waals surface area contributed by atoms with Crippen molar-refractivity contribution in [3.8, 4) is 5.75 Å². The van der Waals surface area contributed by atoms with Crippen molar-refractivity contribution in [2.75, 3.05) is 7.11 Å². The summed E-state index contributed by atoms with van der Waals surface area (Å²) in [6, 6.07) is 13.0. The number of carbonyl (C=O) groups excluding carboxylic acids is 2. The minimum atomic E-state index is -0.884. The Morgan fingerprint density at radius 2 is 1.86 bits per heavy atom. The van der Waals surface area contributed by atoms with E-state index in [2.05, 4.69) is 4.98 Å². The number of pyridine rings is 1. The van der Waals surface area contributed by atoms with E-state index >= 15 is 0 Å². The molecular formula is C28H26Cl2N2O4. The van der Waals surface area contributed by atoms with Gasteiger partial charge < -0.3 is 14.7 Å². The summed E-state index contributed by atoms with van der Waals surface area (Å²) in [6.07, 6.45) is 1.62. The average molecular weight is 525 g/mol. The number of ether oxygens (including phenoxy) is 1. The molecule has 8 heteroatoms. The highest BCUT2D eigenvalue weighted by atomic mass is 35.5. The zero-order chi connectivity index (χ0) is 26.1. The molecule has 1 aromatic heterocycles. The van der Waals surface area contributed by atoms with Crippen LogP contribution in [0.25, 0.3) is 5.76 Å². The summed E-state index contributed by atoms with van der Waals surface area (Å²) in [5, 5.41) is 12.2. The van der Waals surface area contributed by atoms with E-state index in [-0.39, 0.29) is 28.8 Å². The molecule has 1 amide bonds. The molecule has 1 aliphatic rings. The van der Waals surface area contributed by atoms with Gasteiger partial charge in [-0.05, 0) is 65.9 Å². The second-order valence-electron chi connectivity index (χ2n) is 8.99. The predicted octanol–water partition coefficient (Wildman–Crippen LogP) is 6.45. The van der Waals surface area contributed by atoms with Crippen molar-refractivity contribution in [3.63, 3.8) is 0 Å². The molecule has 1 saturated heterocycles. The molecule has 2 heterocycles. The first kappa shape index (κ1) is 25.7. The van der Waals surface area contributed by atoms with Crippen LogP contribution in [0.5, 0.6) is 5.75 Å². The monoisotopic (exact) mass is 524 g/mol. The number of ketones is 1. The molecule has 1 fully saturated rings. The minimum absolute atomic E-state index is 0.0164. The summed E-state index contributed by atoms with van der Waals surface area (Å²) < 4.78 is 5.52. The molecule has 1 N–H and O–H groups in total. The molecule has 0 spiro atoms. The first-order valence-electron chi connectivity index (χ1n) is 11.5. The van der Waals surface area contributed by atoms with Crippen LogP contribution in [0.2, 0.25) is 10.0 Å². The Bertz CT molecular complexity index is 1370. The Balaban J connectivity index is 1.94. The fourth-order valence-electron chi connectivity index (χ4n) is 4.46. The number of amides is 1. The molecule has 3 aromatic rings. The molecule has 1 aliphatic heterocycles. The summed E-state index contributed by atoms with van der Waals surface area (Å²) in [6.45, 7) is 5.92. The number of nitrogens with zero attached hydrogens (tertiary/aromatic N) is 2. The van der Waals surface area contributed by atoms with Gasteiger partial charge in [0.1, 0.15) is 11.5 Å². The number of aryl methyl sites for hydroxylation is 1.